The standard InChI is InChI=1S/C14H28BrNO/c1-4-7-8-9-10-11-13(17)16-14(5-2,6-3)12-15/h4-12H2,1-3H3,(H,16,17). The van der Waals surface area contributed by atoms with E-state index in [1.807, 2.05) is 0 Å². The van der Waals surface area contributed by atoms with Crippen LogP contribution in [0.4, 0.5) is 0 Å². The molecule has 0 saturated heterocycles. The van der Waals surface area contributed by atoms with Crippen LogP contribution in [0.15, 0.2) is 0 Å². The molecule has 0 aromatic rings. The summed E-state index contributed by atoms with van der Waals surface area (Å²) >= 11 is 3.51. The molecule has 0 radical (unpaired) electrons. The van der Waals surface area contributed by atoms with Gasteiger partial charge in [-0.2, -0.15) is 0 Å². The highest BCUT2D eigenvalue weighted by Gasteiger charge is 2.26. The molecular weight excluding hydrogens is 278 g/mol. The maximum Gasteiger partial charge on any atom is 0.220 e. The van der Waals surface area contributed by atoms with Gasteiger partial charge in [0.1, 0.15) is 0 Å². The highest BCUT2D eigenvalue weighted by atomic mass is 79.9. The lowest BCUT2D eigenvalue weighted by Gasteiger charge is -2.31. The van der Waals surface area contributed by atoms with Crippen molar-refractivity contribution < 1.29 is 4.79 Å². The minimum atomic E-state index is -0.0412. The fraction of sp³-hybridized carbons (Fsp3) is 0.929. The Labute approximate surface area is 115 Å². The molecule has 1 amide bonds. The van der Waals surface area contributed by atoms with Crippen LogP contribution in [0.3, 0.4) is 0 Å². The van der Waals surface area contributed by atoms with Crippen molar-refractivity contribution in [2.75, 3.05) is 5.33 Å². The van der Waals surface area contributed by atoms with E-state index >= 15 is 0 Å². The number of carbonyl (C=O) groups is 1. The maximum atomic E-state index is 11.8. The van der Waals surface area contributed by atoms with Gasteiger partial charge in [-0.05, 0) is 19.3 Å². The zero-order chi connectivity index (χ0) is 13.1. The molecule has 0 heterocycles. The SMILES string of the molecule is CCCCCCCC(=O)NC(CC)(CC)CBr. The first-order valence-electron chi connectivity index (χ1n) is 7.01. The molecule has 0 atom stereocenters. The summed E-state index contributed by atoms with van der Waals surface area (Å²) in [7, 11) is 0. The van der Waals surface area contributed by atoms with E-state index in [0.29, 0.717) is 6.42 Å². The molecule has 17 heavy (non-hydrogen) atoms. The first kappa shape index (κ1) is 16.9. The minimum Gasteiger partial charge on any atom is -0.350 e. The Morgan fingerprint density at radius 1 is 1.06 bits per heavy atom. The Kier molecular flexibility index (Phi) is 9.90. The van der Waals surface area contributed by atoms with Crippen LogP contribution in [-0.2, 0) is 4.79 Å². The molecule has 0 fully saturated rings. The van der Waals surface area contributed by atoms with E-state index in [4.69, 9.17) is 0 Å². The molecule has 0 saturated carbocycles. The number of unbranched alkanes of at least 4 members (excludes halogenated alkanes) is 4. The van der Waals surface area contributed by atoms with E-state index in [9.17, 15) is 4.79 Å². The van der Waals surface area contributed by atoms with E-state index < -0.39 is 0 Å². The normalized spacial score (nSPS) is 11.5. The summed E-state index contributed by atoms with van der Waals surface area (Å²) in [5.74, 6) is 0.213. The number of rotatable bonds is 10. The topological polar surface area (TPSA) is 29.1 Å². The second-order valence-electron chi connectivity index (χ2n) is 4.83. The van der Waals surface area contributed by atoms with Crippen LogP contribution in [-0.4, -0.2) is 16.8 Å². The van der Waals surface area contributed by atoms with Crippen LogP contribution in [0.5, 0.6) is 0 Å². The Balaban J connectivity index is 3.83. The molecule has 0 aliphatic heterocycles. The van der Waals surface area contributed by atoms with Crippen LogP contribution in [0.1, 0.15) is 72.1 Å². The van der Waals surface area contributed by atoms with Gasteiger partial charge in [0.2, 0.25) is 5.91 Å². The Morgan fingerprint density at radius 2 is 1.65 bits per heavy atom. The van der Waals surface area contributed by atoms with Crippen molar-refractivity contribution in [3.63, 3.8) is 0 Å². The van der Waals surface area contributed by atoms with Crippen molar-refractivity contribution in [2.45, 2.75) is 77.7 Å². The summed E-state index contributed by atoms with van der Waals surface area (Å²) in [5, 5.41) is 4.03. The summed E-state index contributed by atoms with van der Waals surface area (Å²) < 4.78 is 0. The van der Waals surface area contributed by atoms with E-state index in [0.717, 1.165) is 24.6 Å². The van der Waals surface area contributed by atoms with Gasteiger partial charge in [0.15, 0.2) is 0 Å². The number of alkyl halides is 1. The van der Waals surface area contributed by atoms with Crippen LogP contribution in [0.2, 0.25) is 0 Å². The Hall–Kier alpha value is -0.0500. The van der Waals surface area contributed by atoms with Crippen LogP contribution in [0, 0.1) is 0 Å². The smallest absolute Gasteiger partial charge is 0.220 e. The average molecular weight is 306 g/mol. The van der Waals surface area contributed by atoms with Crippen LogP contribution >= 0.6 is 15.9 Å². The summed E-state index contributed by atoms with van der Waals surface area (Å²) in [6.07, 6.45) is 8.65. The highest BCUT2D eigenvalue weighted by Crippen LogP contribution is 2.18. The number of nitrogens with one attached hydrogen (secondary N) is 1. The van der Waals surface area contributed by atoms with Crippen molar-refractivity contribution in [1.29, 1.82) is 0 Å². The third-order valence-corrected chi connectivity index (χ3v) is 4.59. The van der Waals surface area contributed by atoms with Crippen LogP contribution in [0.25, 0.3) is 0 Å². The third kappa shape index (κ3) is 7.07. The number of hydrogen-bond acceptors (Lipinski definition) is 1. The van der Waals surface area contributed by atoms with Crippen molar-refractivity contribution in [3.8, 4) is 0 Å². The molecule has 0 bridgehead atoms. The number of carbonyl (C=O) groups excluding carboxylic acids is 1. The first-order chi connectivity index (χ1) is 8.14. The van der Waals surface area contributed by atoms with Crippen molar-refractivity contribution in [3.05, 3.63) is 0 Å². The summed E-state index contributed by atoms with van der Waals surface area (Å²) in [6, 6.07) is 0. The fourth-order valence-electron chi connectivity index (χ4n) is 1.90. The fourth-order valence-corrected chi connectivity index (χ4v) is 2.83. The molecular formula is C14H28BrNO. The molecule has 2 nitrogen and oxygen atoms in total. The van der Waals surface area contributed by atoms with Gasteiger partial charge in [-0.25, -0.2) is 0 Å². The van der Waals surface area contributed by atoms with Crippen LogP contribution < -0.4 is 5.32 Å². The quantitative estimate of drug-likeness (QED) is 0.470. The maximum absolute atomic E-state index is 11.8. The second kappa shape index (κ2) is 9.93. The van der Waals surface area contributed by atoms with Gasteiger partial charge in [-0.3, -0.25) is 4.79 Å². The lowest BCUT2D eigenvalue weighted by atomic mass is 9.95. The van der Waals surface area contributed by atoms with Gasteiger partial charge >= 0.3 is 0 Å². The monoisotopic (exact) mass is 305 g/mol. The van der Waals surface area contributed by atoms with Crippen molar-refractivity contribution in [2.24, 2.45) is 0 Å². The minimum absolute atomic E-state index is 0.0412. The summed E-state index contributed by atoms with van der Waals surface area (Å²) in [4.78, 5) is 11.8. The van der Waals surface area contributed by atoms with Gasteiger partial charge in [0.25, 0.3) is 0 Å². The number of amides is 1. The predicted octanol–water partition coefficient (Wildman–Crippen LogP) is 4.42. The lowest BCUT2D eigenvalue weighted by Crippen LogP contribution is -2.49. The molecule has 102 valence electrons. The van der Waals surface area contributed by atoms with E-state index in [1.165, 1.54) is 25.7 Å². The summed E-state index contributed by atoms with van der Waals surface area (Å²) in [5.41, 5.74) is -0.0412. The lowest BCUT2D eigenvalue weighted by molar-refractivity contribution is -0.123. The molecule has 0 aromatic carbocycles. The molecule has 3 heteroatoms. The van der Waals surface area contributed by atoms with Gasteiger partial charge in [-0.1, -0.05) is 62.4 Å². The molecule has 0 aromatic heterocycles. The van der Waals surface area contributed by atoms with Crippen molar-refractivity contribution >= 4 is 21.8 Å². The number of hydrogen-bond donors (Lipinski definition) is 1. The Bertz CT molecular complexity index is 194. The average Bonchev–Trinajstić information content (AvgIpc) is 2.36. The third-order valence-electron chi connectivity index (χ3n) is 3.52. The molecule has 0 unspecified atom stereocenters. The highest BCUT2D eigenvalue weighted by molar-refractivity contribution is 9.09. The second-order valence-corrected chi connectivity index (χ2v) is 5.39. The molecule has 0 aliphatic rings. The first-order valence-corrected chi connectivity index (χ1v) is 8.13. The van der Waals surface area contributed by atoms with Gasteiger partial charge < -0.3 is 5.32 Å². The number of halogens is 1. The van der Waals surface area contributed by atoms with Gasteiger partial charge in [0.05, 0.1) is 0 Å². The Morgan fingerprint density at radius 3 is 2.12 bits per heavy atom. The van der Waals surface area contributed by atoms with E-state index in [-0.39, 0.29) is 11.4 Å². The van der Waals surface area contributed by atoms with E-state index in [1.54, 1.807) is 0 Å². The zero-order valence-electron chi connectivity index (χ0n) is 11.7. The molecule has 0 spiro atoms. The summed E-state index contributed by atoms with van der Waals surface area (Å²) in [6.45, 7) is 6.47. The largest absolute Gasteiger partial charge is 0.350 e. The molecule has 0 aliphatic carbocycles. The van der Waals surface area contributed by atoms with Gasteiger partial charge in [0, 0.05) is 17.3 Å². The zero-order valence-corrected chi connectivity index (χ0v) is 13.2. The van der Waals surface area contributed by atoms with E-state index in [2.05, 4.69) is 42.0 Å². The predicted molar refractivity (Wildman–Crippen MR) is 78.6 cm³/mol. The van der Waals surface area contributed by atoms with Crippen molar-refractivity contribution in [1.82, 2.24) is 5.32 Å². The van der Waals surface area contributed by atoms with Gasteiger partial charge in [-0.15, -0.1) is 0 Å². The molecule has 0 rings (SSSR count). The molecule has 1 N–H and O–H groups in total.